The molecule has 2 N–H and O–H groups in total. The van der Waals surface area contributed by atoms with Crippen molar-refractivity contribution in [3.63, 3.8) is 0 Å². The van der Waals surface area contributed by atoms with Crippen LogP contribution in [-0.2, 0) is 0 Å². The summed E-state index contributed by atoms with van der Waals surface area (Å²) in [6, 6.07) is 11.2. The predicted molar refractivity (Wildman–Crippen MR) is 81.1 cm³/mol. The van der Waals surface area contributed by atoms with Crippen LogP contribution in [0.25, 0.3) is 22.0 Å². The van der Waals surface area contributed by atoms with Crippen molar-refractivity contribution in [3.8, 4) is 16.9 Å². The maximum Gasteiger partial charge on any atom is 0.200 e. The van der Waals surface area contributed by atoms with Crippen molar-refractivity contribution in [2.45, 2.75) is 13.8 Å². The number of H-pyrrole nitrogens is 1. The van der Waals surface area contributed by atoms with Gasteiger partial charge in [-0.1, -0.05) is 29.8 Å². The van der Waals surface area contributed by atoms with Crippen LogP contribution < -0.4 is 5.43 Å². The van der Waals surface area contributed by atoms with Crippen molar-refractivity contribution in [2.24, 2.45) is 0 Å². The van der Waals surface area contributed by atoms with Gasteiger partial charge in [0.15, 0.2) is 0 Å². The number of hydrogen-bond donors (Lipinski definition) is 2. The quantitative estimate of drug-likeness (QED) is 0.707. The van der Waals surface area contributed by atoms with Gasteiger partial charge in [0.05, 0.1) is 10.9 Å². The minimum absolute atomic E-state index is 0.0233. The van der Waals surface area contributed by atoms with E-state index in [1.165, 1.54) is 0 Å². The van der Waals surface area contributed by atoms with Gasteiger partial charge in [0.1, 0.15) is 5.75 Å². The van der Waals surface area contributed by atoms with Crippen molar-refractivity contribution in [3.05, 3.63) is 63.9 Å². The van der Waals surface area contributed by atoms with E-state index in [0.29, 0.717) is 16.5 Å². The molecule has 0 saturated heterocycles. The minimum Gasteiger partial charge on any atom is -0.507 e. The molecule has 3 rings (SSSR count). The summed E-state index contributed by atoms with van der Waals surface area (Å²) < 4.78 is 0. The number of aromatic nitrogens is 1. The summed E-state index contributed by atoms with van der Waals surface area (Å²) in [5.41, 5.74) is 3.97. The number of aromatic hydroxyl groups is 1. The van der Waals surface area contributed by atoms with Gasteiger partial charge in [0.2, 0.25) is 5.43 Å². The van der Waals surface area contributed by atoms with Crippen LogP contribution in [0.3, 0.4) is 0 Å². The molecule has 0 unspecified atom stereocenters. The highest BCUT2D eigenvalue weighted by molar-refractivity contribution is 5.88. The van der Waals surface area contributed by atoms with Crippen LogP contribution in [0.4, 0.5) is 0 Å². The number of fused-ring (bicyclic) bond motifs is 1. The molecule has 0 bridgehead atoms. The highest BCUT2D eigenvalue weighted by Gasteiger charge is 2.11. The number of aryl methyl sites for hydroxylation is 2. The SMILES string of the molecule is Cc1ccc(-c2c[nH]c3cc(C)cc(O)c3c2=O)cc1. The second kappa shape index (κ2) is 4.53. The van der Waals surface area contributed by atoms with Gasteiger partial charge in [-0.3, -0.25) is 4.79 Å². The summed E-state index contributed by atoms with van der Waals surface area (Å²) in [4.78, 5) is 15.7. The molecule has 0 aliphatic carbocycles. The Bertz CT molecular complexity index is 845. The maximum absolute atomic E-state index is 12.6. The lowest BCUT2D eigenvalue weighted by molar-refractivity contribution is 0.481. The van der Waals surface area contributed by atoms with Crippen LogP contribution in [0.1, 0.15) is 11.1 Å². The maximum atomic E-state index is 12.6. The van der Waals surface area contributed by atoms with E-state index in [1.54, 1.807) is 12.3 Å². The zero-order valence-electron chi connectivity index (χ0n) is 11.4. The second-order valence-corrected chi connectivity index (χ2v) is 5.10. The Balaban J connectivity index is 2.31. The standard InChI is InChI=1S/C17H15NO2/c1-10-3-5-12(6-4-10)13-9-18-14-7-11(2)8-15(19)16(14)17(13)20/h3-9,19H,1-2H3,(H,18,20). The van der Waals surface area contributed by atoms with Crippen molar-refractivity contribution in [1.82, 2.24) is 4.98 Å². The summed E-state index contributed by atoms with van der Waals surface area (Å²) in [5.74, 6) is 0.0233. The Morgan fingerprint density at radius 3 is 2.40 bits per heavy atom. The van der Waals surface area contributed by atoms with Gasteiger partial charge in [-0.2, -0.15) is 0 Å². The molecule has 1 heterocycles. The lowest BCUT2D eigenvalue weighted by atomic mass is 10.0. The Morgan fingerprint density at radius 2 is 1.70 bits per heavy atom. The van der Waals surface area contributed by atoms with Crippen LogP contribution in [0, 0.1) is 13.8 Å². The summed E-state index contributed by atoms with van der Waals surface area (Å²) in [7, 11) is 0. The molecule has 2 aromatic carbocycles. The van der Waals surface area contributed by atoms with E-state index in [-0.39, 0.29) is 11.2 Å². The zero-order valence-corrected chi connectivity index (χ0v) is 11.4. The molecule has 1 aromatic heterocycles. The number of rotatable bonds is 1. The van der Waals surface area contributed by atoms with E-state index >= 15 is 0 Å². The highest BCUT2D eigenvalue weighted by atomic mass is 16.3. The normalized spacial score (nSPS) is 10.9. The van der Waals surface area contributed by atoms with E-state index in [9.17, 15) is 9.90 Å². The van der Waals surface area contributed by atoms with Gasteiger partial charge in [-0.15, -0.1) is 0 Å². The zero-order chi connectivity index (χ0) is 14.3. The first-order valence-corrected chi connectivity index (χ1v) is 6.48. The molecule has 0 amide bonds. The second-order valence-electron chi connectivity index (χ2n) is 5.10. The number of phenolic OH excluding ortho intramolecular Hbond substituents is 1. The summed E-state index contributed by atoms with van der Waals surface area (Å²) in [6.45, 7) is 3.88. The third-order valence-corrected chi connectivity index (χ3v) is 3.47. The molecule has 3 nitrogen and oxygen atoms in total. The number of pyridine rings is 1. The first-order chi connectivity index (χ1) is 9.56. The van der Waals surface area contributed by atoms with Crippen molar-refractivity contribution < 1.29 is 5.11 Å². The van der Waals surface area contributed by atoms with Gasteiger partial charge in [0, 0.05) is 11.8 Å². The molecule has 3 heteroatoms. The number of aromatic amines is 1. The monoisotopic (exact) mass is 265 g/mol. The minimum atomic E-state index is -0.153. The molecule has 3 aromatic rings. The third kappa shape index (κ3) is 1.97. The van der Waals surface area contributed by atoms with E-state index in [0.717, 1.165) is 16.7 Å². The van der Waals surface area contributed by atoms with Crippen LogP contribution in [0.5, 0.6) is 5.75 Å². The van der Waals surface area contributed by atoms with E-state index in [1.807, 2.05) is 44.2 Å². The number of hydrogen-bond acceptors (Lipinski definition) is 2. The number of nitrogens with one attached hydrogen (secondary N) is 1. The molecule has 0 atom stereocenters. The lowest BCUT2D eigenvalue weighted by Crippen LogP contribution is -2.06. The van der Waals surface area contributed by atoms with Crippen LogP contribution in [-0.4, -0.2) is 10.1 Å². The first-order valence-electron chi connectivity index (χ1n) is 6.48. The first kappa shape index (κ1) is 12.5. The Kier molecular flexibility index (Phi) is 2.83. The van der Waals surface area contributed by atoms with Gasteiger partial charge in [-0.25, -0.2) is 0 Å². The molecule has 0 aliphatic rings. The largest absolute Gasteiger partial charge is 0.507 e. The Hall–Kier alpha value is -2.55. The molecule has 20 heavy (non-hydrogen) atoms. The molecule has 100 valence electrons. The van der Waals surface area contributed by atoms with Crippen LogP contribution in [0.15, 0.2) is 47.4 Å². The highest BCUT2D eigenvalue weighted by Crippen LogP contribution is 2.25. The summed E-state index contributed by atoms with van der Waals surface area (Å²) in [5, 5.41) is 10.4. The summed E-state index contributed by atoms with van der Waals surface area (Å²) in [6.07, 6.45) is 1.70. The molecular weight excluding hydrogens is 250 g/mol. The van der Waals surface area contributed by atoms with Crippen molar-refractivity contribution in [2.75, 3.05) is 0 Å². The summed E-state index contributed by atoms with van der Waals surface area (Å²) >= 11 is 0. The predicted octanol–water partition coefficient (Wildman–Crippen LogP) is 3.52. The average molecular weight is 265 g/mol. The van der Waals surface area contributed by atoms with Crippen molar-refractivity contribution >= 4 is 10.9 Å². The van der Waals surface area contributed by atoms with E-state index < -0.39 is 0 Å². The topological polar surface area (TPSA) is 53.1 Å². The fraction of sp³-hybridized carbons (Fsp3) is 0.118. The Labute approximate surface area is 116 Å². The smallest absolute Gasteiger partial charge is 0.200 e. The molecule has 0 saturated carbocycles. The van der Waals surface area contributed by atoms with E-state index in [2.05, 4.69) is 4.98 Å². The van der Waals surface area contributed by atoms with Crippen molar-refractivity contribution in [1.29, 1.82) is 0 Å². The lowest BCUT2D eigenvalue weighted by Gasteiger charge is -2.06. The fourth-order valence-electron chi connectivity index (χ4n) is 2.42. The third-order valence-electron chi connectivity index (χ3n) is 3.47. The van der Waals surface area contributed by atoms with Crippen LogP contribution >= 0.6 is 0 Å². The van der Waals surface area contributed by atoms with Crippen LogP contribution in [0.2, 0.25) is 0 Å². The molecule has 0 aliphatic heterocycles. The average Bonchev–Trinajstić information content (AvgIpc) is 2.39. The van der Waals surface area contributed by atoms with Gasteiger partial charge in [-0.05, 0) is 37.1 Å². The fourth-order valence-corrected chi connectivity index (χ4v) is 2.42. The van der Waals surface area contributed by atoms with E-state index in [4.69, 9.17) is 0 Å². The Morgan fingerprint density at radius 1 is 1.00 bits per heavy atom. The van der Waals surface area contributed by atoms with Gasteiger partial charge in [0.25, 0.3) is 0 Å². The van der Waals surface area contributed by atoms with Gasteiger partial charge < -0.3 is 10.1 Å². The number of phenols is 1. The van der Waals surface area contributed by atoms with Gasteiger partial charge >= 0.3 is 0 Å². The molecular formula is C17H15NO2. The number of benzene rings is 2. The molecule has 0 radical (unpaired) electrons. The molecule has 0 spiro atoms. The molecule has 0 fully saturated rings.